The average Bonchev–Trinajstić information content (AvgIpc) is 2.37. The molecule has 21 heavy (non-hydrogen) atoms. The van der Waals surface area contributed by atoms with Crippen molar-refractivity contribution in [3.05, 3.63) is 0 Å². The van der Waals surface area contributed by atoms with E-state index in [1.54, 1.807) is 14.0 Å². The second-order valence-electron chi connectivity index (χ2n) is 4.51. The van der Waals surface area contributed by atoms with Crippen LogP contribution in [0.4, 0.5) is 0 Å². The molecule has 7 heteroatoms. The van der Waals surface area contributed by atoms with Crippen LogP contribution in [0.1, 0.15) is 26.7 Å². The molecule has 0 bridgehead atoms. The fourth-order valence-corrected chi connectivity index (χ4v) is 1.04. The molecule has 1 atom stereocenters. The average molecular weight is 309 g/mol. The molecular weight excluding hydrogens is 278 g/mol. The number of aliphatic hydroxyl groups excluding tert-OH is 2. The number of hydrogen-bond donors (Lipinski definition) is 3. The number of ether oxygens (including phenoxy) is 1. The van der Waals surface area contributed by atoms with E-state index in [-0.39, 0.29) is 19.0 Å². The molecule has 128 valence electrons. The predicted molar refractivity (Wildman–Crippen MR) is 81.3 cm³/mol. The van der Waals surface area contributed by atoms with Gasteiger partial charge in [0.25, 0.3) is 0 Å². The Bertz CT molecular complexity index is 228. The molecule has 0 amide bonds. The zero-order chi connectivity index (χ0) is 17.3. The maximum Gasteiger partial charge on any atom is 0.314 e. The van der Waals surface area contributed by atoms with Crippen LogP contribution in [0.3, 0.4) is 0 Å². The number of carbonyl (C=O) groups excluding carboxylic acids is 1. The second kappa shape index (κ2) is 19.0. The van der Waals surface area contributed by atoms with Crippen molar-refractivity contribution in [2.75, 3.05) is 47.6 Å². The number of rotatable bonds is 8. The summed E-state index contributed by atoms with van der Waals surface area (Å²) in [5.74, 6) is -2.10. The SMILES string of the molecule is CCC(C(C)=O)C(=O)O.CN(C)CCO.COCCCO. The summed E-state index contributed by atoms with van der Waals surface area (Å²) in [5, 5.41) is 24.6. The molecule has 0 fully saturated rings. The number of aliphatic carboxylic acids is 1. The molecule has 0 radical (unpaired) electrons. The molecule has 0 aliphatic rings. The molecule has 0 aromatic carbocycles. The van der Waals surface area contributed by atoms with E-state index < -0.39 is 11.9 Å². The first-order valence-electron chi connectivity index (χ1n) is 6.86. The molecule has 3 N–H and O–H groups in total. The maximum absolute atomic E-state index is 10.4. The lowest BCUT2D eigenvalue weighted by Gasteiger charge is -2.03. The van der Waals surface area contributed by atoms with Crippen LogP contribution in [0.25, 0.3) is 0 Å². The van der Waals surface area contributed by atoms with Crippen molar-refractivity contribution < 1.29 is 29.6 Å². The Labute approximate surface area is 127 Å². The fourth-order valence-electron chi connectivity index (χ4n) is 1.04. The number of methoxy groups -OCH3 is 1. The van der Waals surface area contributed by atoms with Gasteiger partial charge in [-0.1, -0.05) is 6.92 Å². The van der Waals surface area contributed by atoms with Crippen molar-refractivity contribution >= 4 is 11.8 Å². The van der Waals surface area contributed by atoms with Gasteiger partial charge in [-0.3, -0.25) is 9.59 Å². The van der Waals surface area contributed by atoms with Crippen LogP contribution in [0.15, 0.2) is 0 Å². The minimum Gasteiger partial charge on any atom is -0.481 e. The number of likely N-dealkylation sites (N-methyl/N-ethyl adjacent to an activating group) is 1. The molecular formula is C14H31NO6. The van der Waals surface area contributed by atoms with Crippen molar-refractivity contribution in [3.8, 4) is 0 Å². The summed E-state index contributed by atoms with van der Waals surface area (Å²) >= 11 is 0. The van der Waals surface area contributed by atoms with Crippen LogP contribution in [0.2, 0.25) is 0 Å². The molecule has 1 unspecified atom stereocenters. The van der Waals surface area contributed by atoms with Gasteiger partial charge in [0.15, 0.2) is 0 Å². The molecule has 7 nitrogen and oxygen atoms in total. The van der Waals surface area contributed by atoms with E-state index in [1.807, 2.05) is 19.0 Å². The van der Waals surface area contributed by atoms with Gasteiger partial charge in [0, 0.05) is 26.9 Å². The molecule has 0 aliphatic heterocycles. The summed E-state index contributed by atoms with van der Waals surface area (Å²) in [6.07, 6.45) is 1.13. The molecule has 0 rings (SSSR count). The second-order valence-corrected chi connectivity index (χ2v) is 4.51. The van der Waals surface area contributed by atoms with Gasteiger partial charge in [-0.25, -0.2) is 0 Å². The van der Waals surface area contributed by atoms with E-state index in [9.17, 15) is 9.59 Å². The Morgan fingerprint density at radius 2 is 1.71 bits per heavy atom. The lowest BCUT2D eigenvalue weighted by Crippen LogP contribution is -2.19. The lowest BCUT2D eigenvalue weighted by molar-refractivity contribution is -0.145. The normalized spacial score (nSPS) is 10.9. The van der Waals surface area contributed by atoms with Gasteiger partial charge in [-0.15, -0.1) is 0 Å². The minimum atomic E-state index is -1.02. The van der Waals surface area contributed by atoms with Crippen molar-refractivity contribution in [2.24, 2.45) is 5.92 Å². The fraction of sp³-hybridized carbons (Fsp3) is 0.857. The number of carboxylic acids is 1. The van der Waals surface area contributed by atoms with E-state index in [1.165, 1.54) is 6.92 Å². The van der Waals surface area contributed by atoms with Gasteiger partial charge in [0.1, 0.15) is 11.7 Å². The molecule has 0 aliphatic carbocycles. The van der Waals surface area contributed by atoms with E-state index in [2.05, 4.69) is 4.74 Å². The topological polar surface area (TPSA) is 107 Å². The summed E-state index contributed by atoms with van der Waals surface area (Å²) in [6.45, 7) is 4.89. The highest BCUT2D eigenvalue weighted by Gasteiger charge is 2.19. The molecule has 0 spiro atoms. The Hall–Kier alpha value is -1.02. The van der Waals surface area contributed by atoms with Crippen LogP contribution >= 0.6 is 0 Å². The minimum absolute atomic E-state index is 0.230. The van der Waals surface area contributed by atoms with E-state index >= 15 is 0 Å². The lowest BCUT2D eigenvalue weighted by atomic mass is 10.0. The summed E-state index contributed by atoms with van der Waals surface area (Å²) in [5.41, 5.74) is 0. The third kappa shape index (κ3) is 24.4. The van der Waals surface area contributed by atoms with Gasteiger partial charge < -0.3 is 25.0 Å². The number of carboxylic acid groups (broad SMARTS) is 1. The summed E-state index contributed by atoms with van der Waals surface area (Å²) in [6, 6.07) is 0. The Morgan fingerprint density at radius 1 is 1.19 bits per heavy atom. The highest BCUT2D eigenvalue weighted by atomic mass is 16.5. The van der Waals surface area contributed by atoms with E-state index in [0.29, 0.717) is 13.0 Å². The number of Topliss-reactive ketones (excluding diaryl/α,β-unsaturated/α-hetero) is 1. The monoisotopic (exact) mass is 309 g/mol. The molecule has 0 saturated heterocycles. The Kier molecular flexibility index (Phi) is 22.6. The highest BCUT2D eigenvalue weighted by molar-refractivity contribution is 5.96. The van der Waals surface area contributed by atoms with Gasteiger partial charge >= 0.3 is 5.97 Å². The highest BCUT2D eigenvalue weighted by Crippen LogP contribution is 2.02. The molecule has 0 saturated carbocycles. The van der Waals surface area contributed by atoms with Crippen molar-refractivity contribution in [1.82, 2.24) is 4.90 Å². The summed E-state index contributed by atoms with van der Waals surface area (Å²) in [4.78, 5) is 22.5. The molecule has 0 heterocycles. The third-order valence-electron chi connectivity index (χ3n) is 2.25. The van der Waals surface area contributed by atoms with Gasteiger partial charge in [0.05, 0.1) is 6.61 Å². The summed E-state index contributed by atoms with van der Waals surface area (Å²) < 4.78 is 4.62. The van der Waals surface area contributed by atoms with Crippen molar-refractivity contribution in [3.63, 3.8) is 0 Å². The number of hydrogen-bond acceptors (Lipinski definition) is 6. The first kappa shape index (κ1) is 25.0. The predicted octanol–water partition coefficient (Wildman–Crippen LogP) is 0.242. The number of aliphatic hydroxyl groups is 2. The van der Waals surface area contributed by atoms with Gasteiger partial charge in [-0.05, 0) is 33.9 Å². The standard InChI is InChI=1S/C6H10O3.C4H11NO.C4H10O2/c1-3-5(4(2)7)6(8)9;1-5(2)3-4-6;1-6-4-2-3-5/h5H,3H2,1-2H3,(H,8,9);6H,3-4H2,1-2H3;5H,2-4H2,1H3. The quantitative estimate of drug-likeness (QED) is 0.435. The van der Waals surface area contributed by atoms with Crippen LogP contribution in [0.5, 0.6) is 0 Å². The van der Waals surface area contributed by atoms with Crippen LogP contribution in [-0.4, -0.2) is 79.5 Å². The Balaban J connectivity index is -0.000000240. The van der Waals surface area contributed by atoms with Gasteiger partial charge in [0.2, 0.25) is 0 Å². The molecule has 0 aromatic heterocycles. The smallest absolute Gasteiger partial charge is 0.314 e. The van der Waals surface area contributed by atoms with E-state index in [0.717, 1.165) is 13.0 Å². The first-order valence-corrected chi connectivity index (χ1v) is 6.86. The summed E-state index contributed by atoms with van der Waals surface area (Å²) in [7, 11) is 5.47. The van der Waals surface area contributed by atoms with Crippen molar-refractivity contribution in [2.45, 2.75) is 26.7 Å². The maximum atomic E-state index is 10.4. The Morgan fingerprint density at radius 3 is 1.76 bits per heavy atom. The van der Waals surface area contributed by atoms with Gasteiger partial charge in [-0.2, -0.15) is 0 Å². The zero-order valence-electron chi connectivity index (χ0n) is 13.8. The molecule has 0 aromatic rings. The van der Waals surface area contributed by atoms with Crippen molar-refractivity contribution in [1.29, 1.82) is 0 Å². The number of carbonyl (C=O) groups is 2. The van der Waals surface area contributed by atoms with Crippen LogP contribution < -0.4 is 0 Å². The number of nitrogens with zero attached hydrogens (tertiary/aromatic N) is 1. The third-order valence-corrected chi connectivity index (χ3v) is 2.25. The first-order chi connectivity index (χ1) is 9.78. The van der Waals surface area contributed by atoms with Crippen LogP contribution in [-0.2, 0) is 14.3 Å². The number of ketones is 1. The van der Waals surface area contributed by atoms with Crippen LogP contribution in [0, 0.1) is 5.92 Å². The largest absolute Gasteiger partial charge is 0.481 e. The zero-order valence-corrected chi connectivity index (χ0v) is 13.8. The van der Waals surface area contributed by atoms with E-state index in [4.69, 9.17) is 15.3 Å².